The minimum atomic E-state index is -1.06. The largest absolute Gasteiger partial charge is 0.481 e. The third-order valence-electron chi connectivity index (χ3n) is 3.22. The molecule has 0 radical (unpaired) electrons. The van der Waals surface area contributed by atoms with Gasteiger partial charge in [0.15, 0.2) is 0 Å². The number of carboxylic acid groups (broad SMARTS) is 1. The van der Waals surface area contributed by atoms with Gasteiger partial charge in [0.05, 0.1) is 10.9 Å². The Labute approximate surface area is 126 Å². The molecule has 1 N–H and O–H groups in total. The number of halogens is 3. The van der Waals surface area contributed by atoms with Crippen LogP contribution >= 0.6 is 11.6 Å². The monoisotopic (exact) mass is 310 g/mol. The first-order valence-corrected chi connectivity index (χ1v) is 6.75. The van der Waals surface area contributed by atoms with Crippen LogP contribution in [0.3, 0.4) is 0 Å². The third kappa shape index (κ3) is 4.02. The van der Waals surface area contributed by atoms with Crippen LogP contribution in [-0.4, -0.2) is 11.1 Å². The average Bonchev–Trinajstić information content (AvgIpc) is 2.43. The molecular formula is C16H13ClF2O2. The molecule has 2 aromatic carbocycles. The standard InChI is InChI=1S/C16H13ClF2O2/c17-14-6-2-4-11(15(14)19)9-12(16(20)21)7-10-3-1-5-13(18)8-10/h1-6,8,12H,7,9H2,(H,20,21). The van der Waals surface area contributed by atoms with Crippen LogP contribution in [-0.2, 0) is 17.6 Å². The fourth-order valence-electron chi connectivity index (χ4n) is 2.17. The molecule has 0 aromatic heterocycles. The molecule has 0 heterocycles. The maximum Gasteiger partial charge on any atom is 0.307 e. The number of carboxylic acids is 1. The summed E-state index contributed by atoms with van der Waals surface area (Å²) in [5.74, 6) is -2.94. The first-order chi connectivity index (χ1) is 9.97. The van der Waals surface area contributed by atoms with Gasteiger partial charge >= 0.3 is 5.97 Å². The van der Waals surface area contributed by atoms with Crippen LogP contribution in [0, 0.1) is 17.6 Å². The molecule has 0 aliphatic carbocycles. The number of benzene rings is 2. The Kier molecular flexibility index (Phi) is 4.91. The maximum absolute atomic E-state index is 13.8. The Bertz CT molecular complexity index is 658. The summed E-state index contributed by atoms with van der Waals surface area (Å²) in [5.41, 5.74) is 0.802. The fraction of sp³-hybridized carbons (Fsp3) is 0.188. The summed E-state index contributed by atoms with van der Waals surface area (Å²) in [6.45, 7) is 0. The molecule has 0 spiro atoms. The zero-order valence-corrected chi connectivity index (χ0v) is 11.8. The van der Waals surface area contributed by atoms with Crippen molar-refractivity contribution in [2.24, 2.45) is 5.92 Å². The number of carbonyl (C=O) groups is 1. The second-order valence-corrected chi connectivity index (χ2v) is 5.19. The van der Waals surface area contributed by atoms with E-state index in [0.29, 0.717) is 5.56 Å². The van der Waals surface area contributed by atoms with E-state index in [1.165, 1.54) is 30.3 Å². The minimum absolute atomic E-state index is 0.00175. The molecule has 0 aliphatic rings. The molecule has 0 saturated heterocycles. The van der Waals surface area contributed by atoms with Gasteiger partial charge in [-0.05, 0) is 42.2 Å². The highest BCUT2D eigenvalue weighted by atomic mass is 35.5. The summed E-state index contributed by atoms with van der Waals surface area (Å²) < 4.78 is 27.0. The molecular weight excluding hydrogens is 298 g/mol. The van der Waals surface area contributed by atoms with Crippen molar-refractivity contribution in [3.63, 3.8) is 0 Å². The Hall–Kier alpha value is -1.94. The van der Waals surface area contributed by atoms with E-state index >= 15 is 0 Å². The van der Waals surface area contributed by atoms with Crippen LogP contribution in [0.25, 0.3) is 0 Å². The first-order valence-electron chi connectivity index (χ1n) is 6.37. The zero-order chi connectivity index (χ0) is 15.4. The van der Waals surface area contributed by atoms with Gasteiger partial charge in [0.2, 0.25) is 0 Å². The molecule has 0 bridgehead atoms. The molecule has 21 heavy (non-hydrogen) atoms. The van der Waals surface area contributed by atoms with Gasteiger partial charge in [0.1, 0.15) is 11.6 Å². The van der Waals surface area contributed by atoms with Crippen molar-refractivity contribution in [3.05, 3.63) is 70.2 Å². The maximum atomic E-state index is 13.8. The summed E-state index contributed by atoms with van der Waals surface area (Å²) >= 11 is 5.69. The van der Waals surface area contributed by atoms with Gasteiger partial charge in [-0.1, -0.05) is 35.9 Å². The number of aliphatic carboxylic acids is 1. The fourth-order valence-corrected chi connectivity index (χ4v) is 2.36. The predicted molar refractivity (Wildman–Crippen MR) is 76.3 cm³/mol. The lowest BCUT2D eigenvalue weighted by atomic mass is 9.92. The van der Waals surface area contributed by atoms with Crippen molar-refractivity contribution < 1.29 is 18.7 Å². The lowest BCUT2D eigenvalue weighted by Crippen LogP contribution is -2.20. The summed E-state index contributed by atoms with van der Waals surface area (Å²) in [6, 6.07) is 10.2. The van der Waals surface area contributed by atoms with E-state index in [9.17, 15) is 18.7 Å². The van der Waals surface area contributed by atoms with Gasteiger partial charge in [-0.2, -0.15) is 0 Å². The highest BCUT2D eigenvalue weighted by molar-refractivity contribution is 6.30. The van der Waals surface area contributed by atoms with E-state index in [2.05, 4.69) is 0 Å². The Morgan fingerprint density at radius 2 is 1.86 bits per heavy atom. The van der Waals surface area contributed by atoms with Gasteiger partial charge in [-0.3, -0.25) is 4.79 Å². The van der Waals surface area contributed by atoms with E-state index < -0.39 is 23.5 Å². The first kappa shape index (κ1) is 15.4. The summed E-state index contributed by atoms with van der Waals surface area (Å²) in [5, 5.41) is 9.24. The van der Waals surface area contributed by atoms with Crippen molar-refractivity contribution in [2.45, 2.75) is 12.8 Å². The summed E-state index contributed by atoms with van der Waals surface area (Å²) in [7, 11) is 0. The third-order valence-corrected chi connectivity index (χ3v) is 3.51. The topological polar surface area (TPSA) is 37.3 Å². The van der Waals surface area contributed by atoms with E-state index in [-0.39, 0.29) is 23.4 Å². The quantitative estimate of drug-likeness (QED) is 0.902. The molecule has 0 aliphatic heterocycles. The van der Waals surface area contributed by atoms with E-state index in [0.717, 1.165) is 0 Å². The van der Waals surface area contributed by atoms with Gasteiger partial charge in [0, 0.05) is 0 Å². The van der Waals surface area contributed by atoms with Crippen molar-refractivity contribution in [3.8, 4) is 0 Å². The molecule has 2 nitrogen and oxygen atoms in total. The molecule has 110 valence electrons. The van der Waals surface area contributed by atoms with Crippen LogP contribution < -0.4 is 0 Å². The van der Waals surface area contributed by atoms with Crippen molar-refractivity contribution in [2.75, 3.05) is 0 Å². The van der Waals surface area contributed by atoms with Crippen LogP contribution in [0.2, 0.25) is 5.02 Å². The molecule has 1 atom stereocenters. The van der Waals surface area contributed by atoms with Gasteiger partial charge in [-0.25, -0.2) is 8.78 Å². The number of hydrogen-bond acceptors (Lipinski definition) is 1. The molecule has 0 saturated carbocycles. The van der Waals surface area contributed by atoms with Crippen molar-refractivity contribution in [1.82, 2.24) is 0 Å². The highest BCUT2D eigenvalue weighted by Gasteiger charge is 2.21. The number of hydrogen-bond donors (Lipinski definition) is 1. The lowest BCUT2D eigenvalue weighted by Gasteiger charge is -2.13. The second kappa shape index (κ2) is 6.68. The Morgan fingerprint density at radius 3 is 2.52 bits per heavy atom. The Morgan fingerprint density at radius 1 is 1.14 bits per heavy atom. The smallest absolute Gasteiger partial charge is 0.307 e. The van der Waals surface area contributed by atoms with Crippen molar-refractivity contribution >= 4 is 17.6 Å². The van der Waals surface area contributed by atoms with E-state index in [4.69, 9.17) is 11.6 Å². The molecule has 5 heteroatoms. The highest BCUT2D eigenvalue weighted by Crippen LogP contribution is 2.22. The zero-order valence-electron chi connectivity index (χ0n) is 11.0. The molecule has 1 unspecified atom stereocenters. The normalized spacial score (nSPS) is 12.1. The molecule has 0 amide bonds. The summed E-state index contributed by atoms with van der Waals surface area (Å²) in [6.07, 6.45) is 0.122. The SMILES string of the molecule is O=C(O)C(Cc1cccc(F)c1)Cc1cccc(Cl)c1F. The second-order valence-electron chi connectivity index (χ2n) is 4.79. The summed E-state index contributed by atoms with van der Waals surface area (Å²) in [4.78, 5) is 11.3. The predicted octanol–water partition coefficient (Wildman–Crippen LogP) is 4.10. The van der Waals surface area contributed by atoms with E-state index in [1.54, 1.807) is 12.1 Å². The lowest BCUT2D eigenvalue weighted by molar-refractivity contribution is -0.141. The Balaban J connectivity index is 2.20. The van der Waals surface area contributed by atoms with E-state index in [1.807, 2.05) is 0 Å². The average molecular weight is 311 g/mol. The van der Waals surface area contributed by atoms with Gasteiger partial charge < -0.3 is 5.11 Å². The molecule has 2 rings (SSSR count). The minimum Gasteiger partial charge on any atom is -0.481 e. The van der Waals surface area contributed by atoms with Crippen LogP contribution in [0.4, 0.5) is 8.78 Å². The van der Waals surface area contributed by atoms with Gasteiger partial charge in [0.25, 0.3) is 0 Å². The molecule has 0 fully saturated rings. The molecule has 2 aromatic rings. The van der Waals surface area contributed by atoms with Gasteiger partial charge in [-0.15, -0.1) is 0 Å². The van der Waals surface area contributed by atoms with Crippen molar-refractivity contribution in [1.29, 1.82) is 0 Å². The number of rotatable bonds is 5. The van der Waals surface area contributed by atoms with Crippen LogP contribution in [0.15, 0.2) is 42.5 Å². The van der Waals surface area contributed by atoms with Crippen LogP contribution in [0.1, 0.15) is 11.1 Å². The van der Waals surface area contributed by atoms with Crippen LogP contribution in [0.5, 0.6) is 0 Å².